The summed E-state index contributed by atoms with van der Waals surface area (Å²) in [5.41, 5.74) is 0. The maximum Gasteiger partial charge on any atom is 0.204 e. The van der Waals surface area contributed by atoms with E-state index in [0.29, 0.717) is 12.2 Å². The maximum atomic E-state index is 8.73. The molecule has 1 aromatic carbocycles. The molecule has 0 aromatic heterocycles. The number of rotatable bonds is 4. The maximum absolute atomic E-state index is 8.73. The molecule has 21 heavy (non-hydrogen) atoms. The van der Waals surface area contributed by atoms with Crippen molar-refractivity contribution >= 4 is 0 Å². The molecule has 0 spiro atoms. The Morgan fingerprint density at radius 2 is 1.24 bits per heavy atom. The lowest BCUT2D eigenvalue weighted by Crippen LogP contribution is -2.06. The molecule has 2 aliphatic heterocycles. The number of hydrogen-bond donors (Lipinski definition) is 4. The molecule has 2 saturated heterocycles. The highest BCUT2D eigenvalue weighted by Gasteiger charge is 2.26. The Bertz CT molecular complexity index is 389. The van der Waals surface area contributed by atoms with Crippen LogP contribution in [0.15, 0.2) is 12.1 Å². The van der Waals surface area contributed by atoms with Crippen LogP contribution in [0.3, 0.4) is 0 Å². The molecule has 1 aromatic rings. The minimum atomic E-state index is -0.708. The highest BCUT2D eigenvalue weighted by Crippen LogP contribution is 2.40. The van der Waals surface area contributed by atoms with E-state index < -0.39 is 23.0 Å². The molecule has 0 amide bonds. The van der Waals surface area contributed by atoms with Crippen molar-refractivity contribution in [2.45, 2.75) is 26.1 Å². The first-order chi connectivity index (χ1) is 10.1. The van der Waals surface area contributed by atoms with E-state index in [1.54, 1.807) is 0 Å². The molecule has 2 atom stereocenters. The molecule has 120 valence electrons. The van der Waals surface area contributed by atoms with Gasteiger partial charge in [-0.25, -0.2) is 0 Å². The number of hydrogen-bond acceptors (Lipinski definition) is 7. The Kier molecular flexibility index (Phi) is 7.07. The van der Waals surface area contributed by atoms with Gasteiger partial charge in [-0.05, 0) is 12.1 Å². The highest BCUT2D eigenvalue weighted by molar-refractivity contribution is 5.55. The standard InChI is InChI=1S/C6H6O4.C6H10O3.C2H6/c7-3-1-2-4(8)6(10)5(3)9;1(5-3-8-5)7-2-6-4-9-6;1-2/h1-2,7-10H;5-6H,1-4H2;1-2H3. The van der Waals surface area contributed by atoms with Crippen LogP contribution in [-0.4, -0.2) is 59.1 Å². The average molecular weight is 302 g/mol. The van der Waals surface area contributed by atoms with E-state index in [1.165, 1.54) is 0 Å². The predicted octanol–water partition coefficient (Wildman–Crippen LogP) is 1.34. The number of benzene rings is 1. The van der Waals surface area contributed by atoms with Crippen molar-refractivity contribution in [2.24, 2.45) is 0 Å². The van der Waals surface area contributed by atoms with Gasteiger partial charge in [-0.3, -0.25) is 0 Å². The fourth-order valence-corrected chi connectivity index (χ4v) is 1.22. The Balaban J connectivity index is 0.000000188. The molecule has 4 N–H and O–H groups in total. The lowest BCUT2D eigenvalue weighted by atomic mass is 10.3. The molecule has 7 nitrogen and oxygen atoms in total. The SMILES string of the molecule is C(OCC1CO1)C1CO1.CC.Oc1ccc(O)c(O)c1O. The zero-order valence-electron chi connectivity index (χ0n) is 12.2. The predicted molar refractivity (Wildman–Crippen MR) is 74.7 cm³/mol. The van der Waals surface area contributed by atoms with Crippen LogP contribution in [0, 0.1) is 0 Å². The lowest BCUT2D eigenvalue weighted by molar-refractivity contribution is 0.102. The van der Waals surface area contributed by atoms with Crippen molar-refractivity contribution < 1.29 is 34.6 Å². The summed E-state index contributed by atoms with van der Waals surface area (Å²) < 4.78 is 15.1. The normalized spacial score (nSPS) is 21.4. The molecule has 2 fully saturated rings. The topological polar surface area (TPSA) is 115 Å². The third-order valence-corrected chi connectivity index (χ3v) is 2.52. The largest absolute Gasteiger partial charge is 0.504 e. The number of aromatic hydroxyl groups is 4. The second-order valence-corrected chi connectivity index (χ2v) is 4.25. The van der Waals surface area contributed by atoms with Crippen LogP contribution >= 0.6 is 0 Å². The Morgan fingerprint density at radius 3 is 1.52 bits per heavy atom. The van der Waals surface area contributed by atoms with Gasteiger partial charge in [0, 0.05) is 0 Å². The average Bonchev–Trinajstić information content (AvgIpc) is 3.38. The van der Waals surface area contributed by atoms with Gasteiger partial charge in [-0.1, -0.05) is 13.8 Å². The molecule has 0 saturated carbocycles. The van der Waals surface area contributed by atoms with Crippen LogP contribution in [0.2, 0.25) is 0 Å². The van der Waals surface area contributed by atoms with Gasteiger partial charge in [-0.2, -0.15) is 0 Å². The molecular weight excluding hydrogens is 280 g/mol. The third-order valence-electron chi connectivity index (χ3n) is 2.52. The second-order valence-electron chi connectivity index (χ2n) is 4.25. The van der Waals surface area contributed by atoms with Gasteiger partial charge in [0.25, 0.3) is 0 Å². The van der Waals surface area contributed by atoms with Crippen LogP contribution in [0.4, 0.5) is 0 Å². The molecular formula is C14H22O7. The Morgan fingerprint density at radius 1 is 0.905 bits per heavy atom. The van der Waals surface area contributed by atoms with Crippen LogP contribution in [-0.2, 0) is 14.2 Å². The van der Waals surface area contributed by atoms with Crippen LogP contribution < -0.4 is 0 Å². The van der Waals surface area contributed by atoms with E-state index in [1.807, 2.05) is 13.8 Å². The van der Waals surface area contributed by atoms with Crippen molar-refractivity contribution in [1.82, 2.24) is 0 Å². The lowest BCUT2D eigenvalue weighted by Gasteiger charge is -2.00. The zero-order valence-corrected chi connectivity index (χ0v) is 12.2. The number of phenolic OH excluding ortho intramolecular Hbond substituents is 4. The fraction of sp³-hybridized carbons (Fsp3) is 0.571. The fourth-order valence-electron chi connectivity index (χ4n) is 1.22. The summed E-state index contributed by atoms with van der Waals surface area (Å²) in [6.07, 6.45) is 0.785. The van der Waals surface area contributed by atoms with Gasteiger partial charge in [0.05, 0.1) is 26.4 Å². The summed E-state index contributed by atoms with van der Waals surface area (Å²) in [6, 6.07) is 2.15. The molecule has 2 heterocycles. The van der Waals surface area contributed by atoms with Crippen molar-refractivity contribution in [3.8, 4) is 23.0 Å². The van der Waals surface area contributed by atoms with Gasteiger partial charge < -0.3 is 34.6 Å². The summed E-state index contributed by atoms with van der Waals surface area (Å²) in [4.78, 5) is 0. The third kappa shape index (κ3) is 6.52. The van der Waals surface area contributed by atoms with Gasteiger partial charge in [0.1, 0.15) is 12.2 Å². The smallest absolute Gasteiger partial charge is 0.204 e. The van der Waals surface area contributed by atoms with Crippen molar-refractivity contribution in [2.75, 3.05) is 26.4 Å². The van der Waals surface area contributed by atoms with E-state index >= 15 is 0 Å². The van der Waals surface area contributed by atoms with Gasteiger partial charge in [0.2, 0.25) is 11.5 Å². The zero-order chi connectivity index (χ0) is 15.8. The van der Waals surface area contributed by atoms with Gasteiger partial charge in [0.15, 0.2) is 11.5 Å². The van der Waals surface area contributed by atoms with Crippen LogP contribution in [0.25, 0.3) is 0 Å². The van der Waals surface area contributed by atoms with Crippen LogP contribution in [0.1, 0.15) is 13.8 Å². The molecule has 3 rings (SSSR count). The monoisotopic (exact) mass is 302 g/mol. The quantitative estimate of drug-likeness (QED) is 0.377. The summed E-state index contributed by atoms with van der Waals surface area (Å²) in [5.74, 6) is -2.34. The first-order valence-electron chi connectivity index (χ1n) is 6.81. The first-order valence-corrected chi connectivity index (χ1v) is 6.81. The van der Waals surface area contributed by atoms with E-state index in [9.17, 15) is 0 Å². The van der Waals surface area contributed by atoms with Crippen molar-refractivity contribution in [1.29, 1.82) is 0 Å². The van der Waals surface area contributed by atoms with Crippen LogP contribution in [0.5, 0.6) is 23.0 Å². The summed E-state index contributed by atoms with van der Waals surface area (Å²) >= 11 is 0. The van der Waals surface area contributed by atoms with E-state index in [2.05, 4.69) is 0 Å². The summed E-state index contributed by atoms with van der Waals surface area (Å²) in [5, 5.41) is 34.9. The number of phenols is 4. The number of epoxide rings is 2. The van der Waals surface area contributed by atoms with Gasteiger partial charge in [-0.15, -0.1) is 0 Å². The Hall–Kier alpha value is -1.70. The first kappa shape index (κ1) is 17.4. The second kappa shape index (κ2) is 8.56. The molecule has 0 bridgehead atoms. The minimum absolute atomic E-state index is 0.392. The van der Waals surface area contributed by atoms with E-state index in [0.717, 1.165) is 38.6 Å². The highest BCUT2D eigenvalue weighted by atomic mass is 16.6. The number of ether oxygens (including phenoxy) is 3. The van der Waals surface area contributed by atoms with Gasteiger partial charge >= 0.3 is 0 Å². The van der Waals surface area contributed by atoms with E-state index in [-0.39, 0.29) is 0 Å². The molecule has 7 heteroatoms. The molecule has 0 aliphatic carbocycles. The van der Waals surface area contributed by atoms with Crippen molar-refractivity contribution in [3.63, 3.8) is 0 Å². The Labute approximate surface area is 123 Å². The van der Waals surface area contributed by atoms with E-state index in [4.69, 9.17) is 34.6 Å². The minimum Gasteiger partial charge on any atom is -0.504 e. The summed E-state index contributed by atoms with van der Waals surface area (Å²) in [7, 11) is 0. The van der Waals surface area contributed by atoms with Crippen molar-refractivity contribution in [3.05, 3.63) is 12.1 Å². The molecule has 2 aliphatic rings. The summed E-state index contributed by atoms with van der Waals surface area (Å²) in [6.45, 7) is 7.26. The molecule has 2 unspecified atom stereocenters. The molecule has 0 radical (unpaired) electrons.